The van der Waals surface area contributed by atoms with Crippen LogP contribution >= 0.6 is 11.6 Å². The van der Waals surface area contributed by atoms with Gasteiger partial charge in [0.15, 0.2) is 17.1 Å². The highest BCUT2D eigenvalue weighted by molar-refractivity contribution is 6.30. The third-order valence-corrected chi connectivity index (χ3v) is 5.45. The van der Waals surface area contributed by atoms with Gasteiger partial charge in [-0.25, -0.2) is 0 Å². The van der Waals surface area contributed by atoms with Crippen molar-refractivity contribution in [1.82, 2.24) is 19.7 Å². The second kappa shape index (κ2) is 11.8. The maximum atomic E-state index is 13.9. The van der Waals surface area contributed by atoms with E-state index in [0.717, 1.165) is 23.8 Å². The Kier molecular flexibility index (Phi) is 8.57. The van der Waals surface area contributed by atoms with Crippen LogP contribution < -0.4 is 15.0 Å². The van der Waals surface area contributed by atoms with E-state index in [1.807, 2.05) is 0 Å². The molecule has 4 aromatic rings. The van der Waals surface area contributed by atoms with Crippen LogP contribution in [0.3, 0.4) is 0 Å². The molecular weight excluding hydrogens is 572 g/mol. The number of halogens is 1. The normalized spacial score (nSPS) is 12.0. The molecule has 0 aliphatic heterocycles. The zero-order chi connectivity index (χ0) is 29.9. The summed E-state index contributed by atoms with van der Waals surface area (Å²) in [5, 5.41) is 75.7. The molecule has 2 heterocycles. The van der Waals surface area contributed by atoms with Gasteiger partial charge in [0, 0.05) is 11.6 Å². The molecule has 0 aliphatic carbocycles. The predicted octanol–water partition coefficient (Wildman–Crippen LogP) is -0.297. The molecule has 0 atom stereocenters. The average molecular weight is 595 g/mol. The van der Waals surface area contributed by atoms with E-state index in [2.05, 4.69) is 15.2 Å². The van der Waals surface area contributed by atoms with E-state index < -0.39 is 59.0 Å². The van der Waals surface area contributed by atoms with Crippen molar-refractivity contribution in [2.45, 2.75) is 32.3 Å². The Bertz CT molecular complexity index is 1540. The van der Waals surface area contributed by atoms with Crippen molar-refractivity contribution < 1.29 is 54.4 Å². The van der Waals surface area contributed by atoms with Gasteiger partial charge in [-0.2, -0.15) is 4.98 Å². The van der Waals surface area contributed by atoms with E-state index in [1.165, 1.54) is 0 Å². The molecule has 0 bridgehead atoms. The molecule has 0 unspecified atom stereocenters. The van der Waals surface area contributed by atoms with Crippen LogP contribution in [0, 0.1) is 0 Å². The molecular formula is C24H23ClN4O12. The molecule has 16 nitrogen and oxygen atoms in total. The molecule has 0 radical (unpaired) electrons. The lowest BCUT2D eigenvalue weighted by Gasteiger charge is -2.24. The van der Waals surface area contributed by atoms with Gasteiger partial charge in [0.2, 0.25) is 11.8 Å². The lowest BCUT2D eigenvalue weighted by atomic mass is 10.1. The first-order valence-electron chi connectivity index (χ1n) is 11.6. The Hall–Kier alpha value is -4.13. The Morgan fingerprint density at radius 1 is 0.951 bits per heavy atom. The minimum Gasteiger partial charge on any atom is -0.493 e. The molecule has 7 N–H and O–H groups in total. The van der Waals surface area contributed by atoms with Crippen molar-refractivity contribution in [1.29, 1.82) is 0 Å². The summed E-state index contributed by atoms with van der Waals surface area (Å²) in [6, 6.07) is 9.89. The minimum absolute atomic E-state index is 0.0510. The maximum Gasteiger partial charge on any atom is 0.453 e. The van der Waals surface area contributed by atoms with Crippen molar-refractivity contribution in [3.63, 3.8) is 0 Å². The van der Waals surface area contributed by atoms with E-state index in [9.17, 15) is 40.5 Å². The van der Waals surface area contributed by atoms with Gasteiger partial charge in [-0.15, -0.1) is 10.2 Å². The number of para-hydroxylation sites is 1. The quantitative estimate of drug-likeness (QED) is 0.110. The molecule has 4 rings (SSSR count). The fourth-order valence-electron chi connectivity index (χ4n) is 3.65. The van der Waals surface area contributed by atoms with E-state index >= 15 is 0 Å². The first kappa shape index (κ1) is 29.8. The number of ether oxygens (including phenoxy) is 3. The van der Waals surface area contributed by atoms with Crippen molar-refractivity contribution in [3.8, 4) is 34.5 Å². The maximum absolute atomic E-state index is 13.9. The molecule has 0 fully saturated rings. The molecule has 0 aliphatic rings. The minimum atomic E-state index is -3.79. The molecule has 2 aromatic heterocycles. The van der Waals surface area contributed by atoms with Crippen molar-refractivity contribution in [2.24, 2.45) is 0 Å². The Labute approximate surface area is 234 Å². The van der Waals surface area contributed by atoms with E-state index in [4.69, 9.17) is 30.2 Å². The lowest BCUT2D eigenvalue weighted by Crippen LogP contribution is -2.37. The smallest absolute Gasteiger partial charge is 0.453 e. The number of benzene rings is 2. The SMILES string of the molecule is CCOCc1nc(O)c(-c2nnc(Cc3ccc(Cl)cc3)o2)c(=O)n1-c1c(OC(O)(O)O)cccc1OC(O)(O)O. The molecule has 0 amide bonds. The van der Waals surface area contributed by atoms with Gasteiger partial charge in [-0.1, -0.05) is 29.8 Å². The van der Waals surface area contributed by atoms with E-state index in [1.54, 1.807) is 31.2 Å². The van der Waals surface area contributed by atoms with Crippen LogP contribution in [0.2, 0.25) is 5.02 Å². The zero-order valence-electron chi connectivity index (χ0n) is 21.0. The lowest BCUT2D eigenvalue weighted by molar-refractivity contribution is -0.420. The summed E-state index contributed by atoms with van der Waals surface area (Å²) in [4.78, 5) is 17.9. The van der Waals surface area contributed by atoms with Gasteiger partial charge in [-0.3, -0.25) is 9.36 Å². The standard InChI is InChI=1S/C24H23ClN4O12/c1-2-38-11-16-26-20(30)18(21-28-27-17(39-21)10-12-6-8-13(25)9-7-12)22(31)29(16)19-14(40-23(32,33)34)4-3-5-15(19)41-24(35,36)37/h3-9,30,32-37H,2,10-11H2,1H3. The summed E-state index contributed by atoms with van der Waals surface area (Å²) < 4.78 is 21.0. The Morgan fingerprint density at radius 2 is 1.56 bits per heavy atom. The largest absolute Gasteiger partial charge is 0.493 e. The summed E-state index contributed by atoms with van der Waals surface area (Å²) in [6.45, 7) is 1.31. The molecule has 2 aromatic carbocycles. The fraction of sp³-hybridized carbons (Fsp3) is 0.250. The van der Waals surface area contributed by atoms with E-state index in [-0.39, 0.29) is 24.7 Å². The van der Waals surface area contributed by atoms with Gasteiger partial charge in [0.1, 0.15) is 18.1 Å². The van der Waals surface area contributed by atoms with Crippen molar-refractivity contribution >= 4 is 11.6 Å². The van der Waals surface area contributed by atoms with Crippen LogP contribution in [0.4, 0.5) is 0 Å². The highest BCUT2D eigenvalue weighted by atomic mass is 35.5. The van der Waals surface area contributed by atoms with Crippen molar-refractivity contribution in [2.75, 3.05) is 6.61 Å². The molecule has 0 saturated heterocycles. The first-order valence-corrected chi connectivity index (χ1v) is 12.0. The molecule has 17 heteroatoms. The summed E-state index contributed by atoms with van der Waals surface area (Å²) in [5.74, 6) is -3.03. The second-order valence-electron chi connectivity index (χ2n) is 8.26. The second-order valence-corrected chi connectivity index (χ2v) is 8.70. The Balaban J connectivity index is 1.93. The van der Waals surface area contributed by atoms with Gasteiger partial charge in [-0.05, 0) is 36.8 Å². The number of aliphatic hydroxyl groups is 6. The summed E-state index contributed by atoms with van der Waals surface area (Å²) in [6.07, 6.45) is -7.44. The number of nitrogens with zero attached hydrogens (tertiary/aromatic N) is 4. The average Bonchev–Trinajstić information content (AvgIpc) is 3.31. The molecule has 0 saturated carbocycles. The summed E-state index contributed by atoms with van der Waals surface area (Å²) in [7, 11) is 0. The molecule has 41 heavy (non-hydrogen) atoms. The predicted molar refractivity (Wildman–Crippen MR) is 134 cm³/mol. The third kappa shape index (κ3) is 7.34. The van der Waals surface area contributed by atoms with Crippen LogP contribution in [0.5, 0.6) is 17.4 Å². The van der Waals surface area contributed by atoms with Crippen LogP contribution in [0.25, 0.3) is 17.1 Å². The highest BCUT2D eigenvalue weighted by Crippen LogP contribution is 2.36. The number of aromatic hydroxyl groups is 1. The molecule has 218 valence electrons. The van der Waals surface area contributed by atoms with Gasteiger partial charge in [0.05, 0.1) is 6.42 Å². The summed E-state index contributed by atoms with van der Waals surface area (Å²) in [5.41, 5.74) is -1.68. The van der Waals surface area contributed by atoms with Gasteiger partial charge in [0.25, 0.3) is 11.4 Å². The van der Waals surface area contributed by atoms with Crippen LogP contribution in [0.1, 0.15) is 24.2 Å². The highest BCUT2D eigenvalue weighted by Gasteiger charge is 2.32. The number of hydrogen-bond donors (Lipinski definition) is 7. The van der Waals surface area contributed by atoms with Crippen LogP contribution in [0.15, 0.2) is 51.7 Å². The summed E-state index contributed by atoms with van der Waals surface area (Å²) >= 11 is 5.90. The number of rotatable bonds is 11. The first-order chi connectivity index (χ1) is 19.3. The zero-order valence-corrected chi connectivity index (χ0v) is 21.8. The van der Waals surface area contributed by atoms with Gasteiger partial charge < -0.3 is 54.4 Å². The topological polar surface area (TPSA) is 243 Å². The van der Waals surface area contributed by atoms with Crippen LogP contribution in [-0.2, 0) is 17.8 Å². The Morgan fingerprint density at radius 3 is 2.12 bits per heavy atom. The van der Waals surface area contributed by atoms with Crippen LogP contribution in [-0.4, -0.2) is 74.4 Å². The number of hydrogen-bond acceptors (Lipinski definition) is 15. The monoisotopic (exact) mass is 594 g/mol. The van der Waals surface area contributed by atoms with Crippen molar-refractivity contribution in [3.05, 3.63) is 75.1 Å². The fourth-order valence-corrected chi connectivity index (χ4v) is 3.77. The van der Waals surface area contributed by atoms with Gasteiger partial charge >= 0.3 is 12.3 Å². The third-order valence-electron chi connectivity index (χ3n) is 5.20. The van der Waals surface area contributed by atoms with E-state index in [0.29, 0.717) is 9.59 Å². The molecule has 0 spiro atoms. The number of aromatic nitrogens is 4.